The van der Waals surface area contributed by atoms with Crippen LogP contribution in [0.3, 0.4) is 0 Å². The van der Waals surface area contributed by atoms with E-state index in [2.05, 4.69) is 17.3 Å². The van der Waals surface area contributed by atoms with Crippen molar-refractivity contribution in [2.75, 3.05) is 32.9 Å². The molecule has 0 amide bonds. The highest BCUT2D eigenvalue weighted by molar-refractivity contribution is 7.90. The lowest BCUT2D eigenvalue weighted by Crippen LogP contribution is -2.43. The summed E-state index contributed by atoms with van der Waals surface area (Å²) in [7, 11) is -1.05. The topological polar surface area (TPSA) is 49.4 Å². The molecule has 1 aliphatic rings. The number of benzene rings is 1. The van der Waals surface area contributed by atoms with Gasteiger partial charge in [-0.2, -0.15) is 0 Å². The van der Waals surface area contributed by atoms with Crippen molar-refractivity contribution in [3.63, 3.8) is 0 Å². The number of rotatable bonds is 2. The molecule has 1 heterocycles. The second kappa shape index (κ2) is 4.76. The van der Waals surface area contributed by atoms with Crippen LogP contribution in [0.1, 0.15) is 11.6 Å². The Morgan fingerprint density at radius 1 is 1.41 bits per heavy atom. The highest BCUT2D eigenvalue weighted by Crippen LogP contribution is 2.22. The van der Waals surface area contributed by atoms with E-state index in [1.165, 1.54) is 6.26 Å². The number of hydrogen-bond acceptors (Lipinski definition) is 4. The van der Waals surface area contributed by atoms with Crippen molar-refractivity contribution < 1.29 is 8.42 Å². The van der Waals surface area contributed by atoms with Gasteiger partial charge in [-0.1, -0.05) is 12.1 Å². The van der Waals surface area contributed by atoms with Crippen molar-refractivity contribution in [1.82, 2.24) is 10.2 Å². The lowest BCUT2D eigenvalue weighted by Gasteiger charge is -2.33. The van der Waals surface area contributed by atoms with Crippen molar-refractivity contribution >= 4 is 9.84 Å². The van der Waals surface area contributed by atoms with Crippen molar-refractivity contribution in [3.05, 3.63) is 29.8 Å². The number of likely N-dealkylation sites (N-methyl/N-ethyl adjacent to an activating group) is 1. The molecule has 1 unspecified atom stereocenters. The summed E-state index contributed by atoms with van der Waals surface area (Å²) in [6.45, 7) is 2.83. The standard InChI is InChI=1S/C12H18N2O2S/c1-14-7-6-13-9-12(14)10-4-3-5-11(8-10)17(2,15)16/h3-5,8,12-13H,6-7,9H2,1-2H3. The number of sulfone groups is 1. The van der Waals surface area contributed by atoms with Gasteiger partial charge in [0, 0.05) is 31.9 Å². The largest absolute Gasteiger partial charge is 0.314 e. The van der Waals surface area contributed by atoms with Gasteiger partial charge in [-0.3, -0.25) is 4.90 Å². The molecule has 0 radical (unpaired) electrons. The fraction of sp³-hybridized carbons (Fsp3) is 0.500. The summed E-state index contributed by atoms with van der Waals surface area (Å²) >= 11 is 0. The molecular weight excluding hydrogens is 236 g/mol. The third kappa shape index (κ3) is 2.86. The minimum Gasteiger partial charge on any atom is -0.314 e. The third-order valence-electron chi connectivity index (χ3n) is 3.18. The van der Waals surface area contributed by atoms with Gasteiger partial charge in [0.1, 0.15) is 0 Å². The van der Waals surface area contributed by atoms with Crippen molar-refractivity contribution in [1.29, 1.82) is 0 Å². The minimum absolute atomic E-state index is 0.255. The van der Waals surface area contributed by atoms with E-state index >= 15 is 0 Å². The van der Waals surface area contributed by atoms with Crippen LogP contribution in [0.5, 0.6) is 0 Å². The fourth-order valence-corrected chi connectivity index (χ4v) is 2.81. The maximum Gasteiger partial charge on any atom is 0.175 e. The Hall–Kier alpha value is -0.910. The molecular formula is C12H18N2O2S. The normalized spacial score (nSPS) is 22.6. The van der Waals surface area contributed by atoms with E-state index in [4.69, 9.17) is 0 Å². The maximum absolute atomic E-state index is 11.5. The van der Waals surface area contributed by atoms with Gasteiger partial charge in [-0.25, -0.2) is 8.42 Å². The minimum atomic E-state index is -3.12. The van der Waals surface area contributed by atoms with Gasteiger partial charge < -0.3 is 5.32 Å². The third-order valence-corrected chi connectivity index (χ3v) is 4.29. The molecule has 4 nitrogen and oxygen atoms in total. The first kappa shape index (κ1) is 12.5. The molecule has 0 aromatic heterocycles. The van der Waals surface area contributed by atoms with Crippen LogP contribution in [-0.2, 0) is 9.84 Å². The zero-order chi connectivity index (χ0) is 12.5. The number of nitrogens with zero attached hydrogens (tertiary/aromatic N) is 1. The van der Waals surface area contributed by atoms with Gasteiger partial charge in [0.05, 0.1) is 4.90 Å². The van der Waals surface area contributed by atoms with Gasteiger partial charge in [0.25, 0.3) is 0 Å². The monoisotopic (exact) mass is 254 g/mol. The molecule has 1 fully saturated rings. The van der Waals surface area contributed by atoms with Crippen LogP contribution in [0.25, 0.3) is 0 Å². The van der Waals surface area contributed by atoms with E-state index in [-0.39, 0.29) is 6.04 Å². The number of piperazine rings is 1. The predicted molar refractivity (Wildman–Crippen MR) is 67.8 cm³/mol. The highest BCUT2D eigenvalue weighted by Gasteiger charge is 2.21. The summed E-state index contributed by atoms with van der Waals surface area (Å²) in [5, 5.41) is 3.33. The Labute approximate surface area is 103 Å². The molecule has 1 atom stereocenters. The summed E-state index contributed by atoms with van der Waals surface area (Å²) in [6.07, 6.45) is 1.24. The Bertz CT molecular complexity index is 499. The van der Waals surface area contributed by atoms with Crippen molar-refractivity contribution in [3.8, 4) is 0 Å². The zero-order valence-corrected chi connectivity index (χ0v) is 11.0. The van der Waals surface area contributed by atoms with Crippen LogP contribution in [0.2, 0.25) is 0 Å². The quantitative estimate of drug-likeness (QED) is 0.842. The maximum atomic E-state index is 11.5. The van der Waals surface area contributed by atoms with E-state index in [9.17, 15) is 8.42 Å². The van der Waals surface area contributed by atoms with Crippen LogP contribution in [0.4, 0.5) is 0 Å². The summed E-state index contributed by atoms with van der Waals surface area (Å²) in [4.78, 5) is 2.65. The zero-order valence-electron chi connectivity index (χ0n) is 10.2. The first-order chi connectivity index (χ1) is 7.98. The first-order valence-electron chi connectivity index (χ1n) is 5.69. The Balaban J connectivity index is 2.33. The van der Waals surface area contributed by atoms with Crippen LogP contribution in [-0.4, -0.2) is 46.3 Å². The molecule has 0 bridgehead atoms. The van der Waals surface area contributed by atoms with Gasteiger partial charge in [0.2, 0.25) is 0 Å². The molecule has 17 heavy (non-hydrogen) atoms. The van der Waals surface area contributed by atoms with Gasteiger partial charge in [0.15, 0.2) is 9.84 Å². The molecule has 0 spiro atoms. The van der Waals surface area contributed by atoms with Crippen molar-refractivity contribution in [2.45, 2.75) is 10.9 Å². The van der Waals surface area contributed by atoms with Crippen LogP contribution < -0.4 is 5.32 Å². The van der Waals surface area contributed by atoms with Crippen LogP contribution in [0.15, 0.2) is 29.2 Å². The van der Waals surface area contributed by atoms with E-state index in [1.807, 2.05) is 12.1 Å². The van der Waals surface area contributed by atoms with Crippen LogP contribution >= 0.6 is 0 Å². The number of hydrogen-bond donors (Lipinski definition) is 1. The average Bonchev–Trinajstić information content (AvgIpc) is 2.29. The summed E-state index contributed by atoms with van der Waals surface area (Å²) < 4.78 is 23.0. The smallest absolute Gasteiger partial charge is 0.175 e. The second-order valence-corrected chi connectivity index (χ2v) is 6.56. The Morgan fingerprint density at radius 3 is 2.82 bits per heavy atom. The predicted octanol–water partition coefficient (Wildman–Crippen LogP) is 0.666. The molecule has 0 saturated carbocycles. The molecule has 2 rings (SSSR count). The van der Waals surface area contributed by atoms with Crippen LogP contribution in [0, 0.1) is 0 Å². The molecule has 94 valence electrons. The van der Waals surface area contributed by atoms with E-state index in [0.29, 0.717) is 4.90 Å². The first-order valence-corrected chi connectivity index (χ1v) is 7.58. The Kier molecular flexibility index (Phi) is 3.51. The van der Waals surface area contributed by atoms with E-state index < -0.39 is 9.84 Å². The van der Waals surface area contributed by atoms with Gasteiger partial charge >= 0.3 is 0 Å². The fourth-order valence-electron chi connectivity index (χ4n) is 2.13. The SMILES string of the molecule is CN1CCNCC1c1cccc(S(C)(=O)=O)c1. The summed E-state index contributed by atoms with van der Waals surface area (Å²) in [6, 6.07) is 7.49. The van der Waals surface area contributed by atoms with Gasteiger partial charge in [-0.15, -0.1) is 0 Å². The average molecular weight is 254 g/mol. The molecule has 1 aromatic rings. The Morgan fingerprint density at radius 2 is 2.18 bits per heavy atom. The molecule has 5 heteroatoms. The molecule has 0 aliphatic carbocycles. The van der Waals surface area contributed by atoms with E-state index in [0.717, 1.165) is 25.2 Å². The molecule has 1 aliphatic heterocycles. The molecule has 1 saturated heterocycles. The summed E-state index contributed by atoms with van der Waals surface area (Å²) in [5.41, 5.74) is 1.06. The van der Waals surface area contributed by atoms with Gasteiger partial charge in [-0.05, 0) is 24.7 Å². The highest BCUT2D eigenvalue weighted by atomic mass is 32.2. The second-order valence-electron chi connectivity index (χ2n) is 4.55. The van der Waals surface area contributed by atoms with E-state index in [1.54, 1.807) is 12.1 Å². The number of nitrogens with one attached hydrogen (secondary N) is 1. The summed E-state index contributed by atoms with van der Waals surface area (Å²) in [5.74, 6) is 0. The lowest BCUT2D eigenvalue weighted by molar-refractivity contribution is 0.202. The lowest BCUT2D eigenvalue weighted by atomic mass is 10.0. The molecule has 1 aromatic carbocycles. The molecule has 1 N–H and O–H groups in total. The van der Waals surface area contributed by atoms with Crippen molar-refractivity contribution in [2.24, 2.45) is 0 Å².